The summed E-state index contributed by atoms with van der Waals surface area (Å²) in [5.74, 6) is -0.383. The predicted molar refractivity (Wildman–Crippen MR) is 110 cm³/mol. The third-order valence-electron chi connectivity index (χ3n) is 3.67. The van der Waals surface area contributed by atoms with Gasteiger partial charge in [0, 0.05) is 6.08 Å². The van der Waals surface area contributed by atoms with Gasteiger partial charge in [0.2, 0.25) is 0 Å². The molecule has 1 aromatic carbocycles. The molecule has 0 spiro atoms. The van der Waals surface area contributed by atoms with Crippen LogP contribution in [0, 0.1) is 0 Å². The van der Waals surface area contributed by atoms with Gasteiger partial charge in [0.1, 0.15) is 5.60 Å². The van der Waals surface area contributed by atoms with Gasteiger partial charge in [0.15, 0.2) is 8.32 Å². The van der Waals surface area contributed by atoms with E-state index in [9.17, 15) is 9.59 Å². The predicted octanol–water partition coefficient (Wildman–Crippen LogP) is 4.62. The second-order valence-corrected chi connectivity index (χ2v) is 13.0. The van der Waals surface area contributed by atoms with E-state index in [1.807, 2.05) is 42.5 Å². The third kappa shape index (κ3) is 6.48. The van der Waals surface area contributed by atoms with Crippen LogP contribution in [0.4, 0.5) is 4.79 Å². The first-order valence-corrected chi connectivity index (χ1v) is 12.5. The number of ether oxygens (including phenoxy) is 1. The highest BCUT2D eigenvalue weighted by atomic mass is 28.4. The molecule has 5 nitrogen and oxygen atoms in total. The van der Waals surface area contributed by atoms with E-state index in [4.69, 9.17) is 9.16 Å². The summed E-state index contributed by atoms with van der Waals surface area (Å²) in [6.07, 6.45) is 5.90. The van der Waals surface area contributed by atoms with E-state index in [0.717, 1.165) is 10.5 Å². The normalized spacial score (nSPS) is 19.0. The molecule has 1 aliphatic heterocycles. The van der Waals surface area contributed by atoms with E-state index in [0.29, 0.717) is 0 Å². The summed E-state index contributed by atoms with van der Waals surface area (Å²) < 4.78 is 11.7. The molecule has 0 radical (unpaired) electrons. The second-order valence-electron chi connectivity index (χ2n) is 8.50. The number of amides is 2. The summed E-state index contributed by atoms with van der Waals surface area (Å²) in [7, 11) is -1.93. The van der Waals surface area contributed by atoms with Gasteiger partial charge in [0.25, 0.3) is 5.91 Å². The lowest BCUT2D eigenvalue weighted by Crippen LogP contribution is -2.49. The Hall–Kier alpha value is -2.18. The Kier molecular flexibility index (Phi) is 6.44. The molecule has 0 fully saturated rings. The van der Waals surface area contributed by atoms with Crippen molar-refractivity contribution in [2.45, 2.75) is 58.2 Å². The number of hydrogen-bond acceptors (Lipinski definition) is 4. The molecule has 2 rings (SSSR count). The van der Waals surface area contributed by atoms with Gasteiger partial charge in [-0.1, -0.05) is 48.6 Å². The maximum atomic E-state index is 12.6. The maximum Gasteiger partial charge on any atom is 0.417 e. The molecule has 1 aliphatic rings. The second kappa shape index (κ2) is 8.23. The minimum atomic E-state index is -1.93. The SMILES string of the molecule is CC(C)(C)OC(=O)N1C(=O)C=C[C@@H]1[C@H](/C=C/c1ccccc1)O[Si](C)(C)C. The van der Waals surface area contributed by atoms with Crippen LogP contribution in [0.3, 0.4) is 0 Å². The topological polar surface area (TPSA) is 55.8 Å². The molecule has 0 bridgehead atoms. The van der Waals surface area contributed by atoms with Crippen LogP contribution in [-0.2, 0) is 14.0 Å². The molecule has 1 heterocycles. The molecular weight excluding hydrogens is 358 g/mol. The summed E-state index contributed by atoms with van der Waals surface area (Å²) in [6, 6.07) is 9.32. The van der Waals surface area contributed by atoms with Gasteiger partial charge >= 0.3 is 6.09 Å². The Bertz CT molecular complexity index is 729. The lowest BCUT2D eigenvalue weighted by molar-refractivity contribution is -0.126. The van der Waals surface area contributed by atoms with Gasteiger partial charge in [-0.15, -0.1) is 0 Å². The number of imide groups is 1. The molecule has 0 aromatic heterocycles. The molecule has 1 aromatic rings. The van der Waals surface area contributed by atoms with E-state index < -0.39 is 32.2 Å². The average Bonchev–Trinajstić information content (AvgIpc) is 2.91. The fraction of sp³-hybridized carbons (Fsp3) is 0.429. The summed E-state index contributed by atoms with van der Waals surface area (Å²) in [5, 5.41) is 0. The minimum absolute atomic E-state index is 0.383. The first-order chi connectivity index (χ1) is 12.5. The van der Waals surface area contributed by atoms with Crippen molar-refractivity contribution in [3.05, 3.63) is 54.1 Å². The first kappa shape index (κ1) is 21.1. The van der Waals surface area contributed by atoms with Gasteiger partial charge in [-0.05, 0) is 46.0 Å². The molecule has 27 heavy (non-hydrogen) atoms. The lowest BCUT2D eigenvalue weighted by Gasteiger charge is -2.33. The number of carbonyl (C=O) groups excluding carboxylic acids is 2. The van der Waals surface area contributed by atoms with Gasteiger partial charge < -0.3 is 9.16 Å². The number of nitrogens with zero attached hydrogens (tertiary/aromatic N) is 1. The van der Waals surface area contributed by atoms with Crippen LogP contribution < -0.4 is 0 Å². The van der Waals surface area contributed by atoms with Crippen molar-refractivity contribution in [3.8, 4) is 0 Å². The van der Waals surface area contributed by atoms with Gasteiger partial charge in [-0.3, -0.25) is 4.79 Å². The molecule has 0 saturated heterocycles. The Labute approximate surface area is 162 Å². The lowest BCUT2D eigenvalue weighted by atomic mass is 10.1. The average molecular weight is 388 g/mol. The molecule has 146 valence electrons. The molecule has 2 amide bonds. The first-order valence-electron chi connectivity index (χ1n) is 9.12. The summed E-state index contributed by atoms with van der Waals surface area (Å²) >= 11 is 0. The van der Waals surface area contributed by atoms with Crippen LogP contribution in [0.25, 0.3) is 6.08 Å². The summed E-state index contributed by atoms with van der Waals surface area (Å²) in [4.78, 5) is 26.1. The van der Waals surface area contributed by atoms with Crippen LogP contribution in [0.1, 0.15) is 26.3 Å². The molecular formula is C21H29NO4Si. The number of carbonyl (C=O) groups is 2. The fourth-order valence-electron chi connectivity index (χ4n) is 2.67. The highest BCUT2D eigenvalue weighted by Crippen LogP contribution is 2.24. The van der Waals surface area contributed by atoms with Gasteiger partial charge in [0.05, 0.1) is 12.1 Å². The largest absolute Gasteiger partial charge is 0.443 e. The van der Waals surface area contributed by atoms with Crippen molar-refractivity contribution >= 4 is 26.4 Å². The van der Waals surface area contributed by atoms with Crippen molar-refractivity contribution in [2.75, 3.05) is 0 Å². The fourth-order valence-corrected chi connectivity index (χ4v) is 3.71. The van der Waals surface area contributed by atoms with E-state index in [-0.39, 0.29) is 5.91 Å². The standard InChI is InChI=1S/C21H29NO4Si/c1-21(2,3)25-20(24)22-17(13-15-19(22)23)18(26-27(4,5)6)14-12-16-10-8-7-9-11-16/h7-15,17-18H,1-6H3/b14-12+/t17-,18+/m1/s1. The molecule has 6 heteroatoms. The van der Waals surface area contributed by atoms with Gasteiger partial charge in [-0.25, -0.2) is 9.69 Å². The van der Waals surface area contributed by atoms with Crippen molar-refractivity contribution < 1.29 is 18.8 Å². The van der Waals surface area contributed by atoms with Crippen molar-refractivity contribution in [1.29, 1.82) is 0 Å². The van der Waals surface area contributed by atoms with Crippen LogP contribution in [-0.4, -0.2) is 43.0 Å². The Morgan fingerprint density at radius 2 is 1.81 bits per heavy atom. The Morgan fingerprint density at radius 3 is 2.37 bits per heavy atom. The third-order valence-corrected chi connectivity index (χ3v) is 4.65. The molecule has 0 saturated carbocycles. The smallest absolute Gasteiger partial charge is 0.417 e. The highest BCUT2D eigenvalue weighted by Gasteiger charge is 2.40. The minimum Gasteiger partial charge on any atom is -0.443 e. The molecule has 2 atom stereocenters. The van der Waals surface area contributed by atoms with Crippen LogP contribution in [0.2, 0.25) is 19.6 Å². The Balaban J connectivity index is 2.29. The highest BCUT2D eigenvalue weighted by molar-refractivity contribution is 6.69. The zero-order chi connectivity index (χ0) is 20.2. The molecule has 0 unspecified atom stereocenters. The quantitative estimate of drug-likeness (QED) is 0.692. The number of benzene rings is 1. The van der Waals surface area contributed by atoms with Crippen molar-refractivity contribution in [2.24, 2.45) is 0 Å². The van der Waals surface area contributed by atoms with E-state index in [1.165, 1.54) is 6.08 Å². The maximum absolute atomic E-state index is 12.6. The van der Waals surface area contributed by atoms with E-state index in [1.54, 1.807) is 26.8 Å². The van der Waals surface area contributed by atoms with E-state index >= 15 is 0 Å². The van der Waals surface area contributed by atoms with E-state index in [2.05, 4.69) is 19.6 Å². The molecule has 0 N–H and O–H groups in total. The van der Waals surface area contributed by atoms with Crippen molar-refractivity contribution in [1.82, 2.24) is 4.90 Å². The van der Waals surface area contributed by atoms with Crippen molar-refractivity contribution in [3.63, 3.8) is 0 Å². The number of rotatable bonds is 5. The summed E-state index contributed by atoms with van der Waals surface area (Å²) in [5.41, 5.74) is 0.346. The zero-order valence-corrected chi connectivity index (χ0v) is 17.9. The zero-order valence-electron chi connectivity index (χ0n) is 16.9. The van der Waals surface area contributed by atoms with Crippen LogP contribution in [0.15, 0.2) is 48.6 Å². The Morgan fingerprint density at radius 1 is 1.19 bits per heavy atom. The number of hydrogen-bond donors (Lipinski definition) is 0. The van der Waals surface area contributed by atoms with Crippen LogP contribution in [0.5, 0.6) is 0 Å². The van der Waals surface area contributed by atoms with Crippen LogP contribution >= 0.6 is 0 Å². The van der Waals surface area contributed by atoms with Gasteiger partial charge in [-0.2, -0.15) is 0 Å². The molecule has 0 aliphatic carbocycles. The monoisotopic (exact) mass is 387 g/mol. The summed E-state index contributed by atoms with van der Waals surface area (Å²) in [6.45, 7) is 11.6.